The van der Waals surface area contributed by atoms with Crippen molar-refractivity contribution in [2.45, 2.75) is 32.3 Å². The van der Waals surface area contributed by atoms with Crippen LogP contribution in [0.2, 0.25) is 5.02 Å². The first-order valence-corrected chi connectivity index (χ1v) is 12.4. The van der Waals surface area contributed by atoms with Crippen molar-refractivity contribution in [1.29, 1.82) is 0 Å². The Kier molecular flexibility index (Phi) is 8.38. The lowest BCUT2D eigenvalue weighted by Crippen LogP contribution is -2.28. The first kappa shape index (κ1) is 25.9. The van der Waals surface area contributed by atoms with Gasteiger partial charge in [-0.2, -0.15) is 0 Å². The van der Waals surface area contributed by atoms with Crippen molar-refractivity contribution in [3.63, 3.8) is 0 Å². The molecular formula is C27H29ClF2N4O2. The number of nitrogen functional groups attached to an aromatic ring is 1. The van der Waals surface area contributed by atoms with Crippen molar-refractivity contribution in [1.82, 2.24) is 15.2 Å². The van der Waals surface area contributed by atoms with Gasteiger partial charge in [-0.25, -0.2) is 13.8 Å². The molecule has 1 unspecified atom stereocenters. The summed E-state index contributed by atoms with van der Waals surface area (Å²) in [5.41, 5.74) is 7.91. The largest absolute Gasteiger partial charge is 0.482 e. The Morgan fingerprint density at radius 3 is 2.56 bits per heavy atom. The molecule has 1 atom stereocenters. The van der Waals surface area contributed by atoms with Crippen LogP contribution in [0.25, 0.3) is 11.1 Å². The van der Waals surface area contributed by atoms with E-state index in [1.54, 1.807) is 31.3 Å². The number of nitrogens with one attached hydrogen (secondary N) is 1. The van der Waals surface area contributed by atoms with Crippen LogP contribution < -0.4 is 15.8 Å². The lowest BCUT2D eigenvalue weighted by atomic mass is 10.0. The minimum Gasteiger partial charge on any atom is -0.482 e. The van der Waals surface area contributed by atoms with E-state index in [4.69, 9.17) is 22.1 Å². The second kappa shape index (κ2) is 11.7. The number of pyridine rings is 1. The fourth-order valence-electron chi connectivity index (χ4n) is 4.30. The summed E-state index contributed by atoms with van der Waals surface area (Å²) in [6.45, 7) is 5.49. The summed E-state index contributed by atoms with van der Waals surface area (Å²) in [7, 11) is 0. The Morgan fingerprint density at radius 2 is 1.83 bits per heavy atom. The highest BCUT2D eigenvalue weighted by Crippen LogP contribution is 2.34. The number of carbonyl (C=O) groups excluding carboxylic acids is 1. The van der Waals surface area contributed by atoms with E-state index in [0.717, 1.165) is 43.8 Å². The molecule has 1 aliphatic heterocycles. The normalized spacial score (nSPS) is 14.6. The molecule has 36 heavy (non-hydrogen) atoms. The van der Waals surface area contributed by atoms with Gasteiger partial charge < -0.3 is 20.7 Å². The second-order valence-corrected chi connectivity index (χ2v) is 9.24. The number of amides is 1. The maximum Gasteiger partial charge on any atom is 0.251 e. The lowest BCUT2D eigenvalue weighted by molar-refractivity contribution is 0.0952. The molecule has 1 aromatic heterocycles. The minimum atomic E-state index is -0.913. The third-order valence-corrected chi connectivity index (χ3v) is 6.67. The van der Waals surface area contributed by atoms with Crippen LogP contribution in [-0.4, -0.2) is 42.0 Å². The summed E-state index contributed by atoms with van der Waals surface area (Å²) in [5.74, 6) is -1.23. The van der Waals surface area contributed by atoms with E-state index in [2.05, 4.69) is 15.2 Å². The van der Waals surface area contributed by atoms with Crippen LogP contribution in [0.3, 0.4) is 0 Å². The van der Waals surface area contributed by atoms with Crippen LogP contribution in [-0.2, 0) is 0 Å². The van der Waals surface area contributed by atoms with Crippen molar-refractivity contribution >= 4 is 23.3 Å². The molecule has 0 saturated carbocycles. The average Bonchev–Trinajstić information content (AvgIpc) is 3.39. The Bertz CT molecular complexity index is 1220. The van der Waals surface area contributed by atoms with E-state index in [-0.39, 0.29) is 28.1 Å². The van der Waals surface area contributed by atoms with Gasteiger partial charge in [0.05, 0.1) is 5.02 Å². The van der Waals surface area contributed by atoms with Crippen molar-refractivity contribution in [3.05, 3.63) is 76.4 Å². The van der Waals surface area contributed by atoms with Crippen LogP contribution in [0, 0.1) is 11.6 Å². The summed E-state index contributed by atoms with van der Waals surface area (Å²) in [4.78, 5) is 19.1. The molecule has 1 fully saturated rings. The highest BCUT2D eigenvalue weighted by Gasteiger charge is 2.21. The van der Waals surface area contributed by atoms with E-state index in [1.807, 2.05) is 12.1 Å². The topological polar surface area (TPSA) is 80.5 Å². The van der Waals surface area contributed by atoms with Gasteiger partial charge in [-0.3, -0.25) is 4.79 Å². The summed E-state index contributed by atoms with van der Waals surface area (Å²) < 4.78 is 33.9. The number of nitrogens with zero attached hydrogens (tertiary/aromatic N) is 2. The quantitative estimate of drug-likeness (QED) is 0.286. The number of anilines is 1. The molecule has 2 heterocycles. The molecule has 190 valence electrons. The van der Waals surface area contributed by atoms with E-state index in [9.17, 15) is 13.6 Å². The molecule has 0 spiro atoms. The van der Waals surface area contributed by atoms with Gasteiger partial charge in [-0.1, -0.05) is 23.7 Å². The maximum atomic E-state index is 14.3. The van der Waals surface area contributed by atoms with E-state index >= 15 is 0 Å². The van der Waals surface area contributed by atoms with Crippen LogP contribution in [0.1, 0.15) is 48.2 Å². The van der Waals surface area contributed by atoms with Gasteiger partial charge in [-0.05, 0) is 81.7 Å². The van der Waals surface area contributed by atoms with Crippen molar-refractivity contribution < 1.29 is 18.3 Å². The van der Waals surface area contributed by atoms with Gasteiger partial charge in [0.2, 0.25) is 0 Å². The Balaban J connectivity index is 1.40. The summed E-state index contributed by atoms with van der Waals surface area (Å²) in [5, 5.41) is 2.63. The standard InChI is InChI=1S/C27H29ClF2N4O2/c1-17(24-21(29)9-10-22(30)25(24)28)36-23-15-20(16-33-26(23)31)18-5-7-19(8-6-18)27(35)32-11-4-14-34-12-2-3-13-34/h5-10,15-17H,2-4,11-14H2,1H3,(H2,31,33)(H,32,35). The zero-order valence-electron chi connectivity index (χ0n) is 20.1. The number of hydrogen-bond acceptors (Lipinski definition) is 5. The number of benzene rings is 2. The first-order valence-electron chi connectivity index (χ1n) is 12.0. The van der Waals surface area contributed by atoms with Crippen LogP contribution >= 0.6 is 11.6 Å². The lowest BCUT2D eigenvalue weighted by Gasteiger charge is -2.19. The van der Waals surface area contributed by atoms with Crippen molar-refractivity contribution in [2.24, 2.45) is 0 Å². The van der Waals surface area contributed by atoms with Gasteiger partial charge in [-0.15, -0.1) is 0 Å². The predicted octanol–water partition coefficient (Wildman–Crippen LogP) is 5.62. The third kappa shape index (κ3) is 6.12. The SMILES string of the molecule is CC(Oc1cc(-c2ccc(C(=O)NCCCN3CCCC3)cc2)cnc1N)c1c(F)ccc(F)c1Cl. The molecule has 9 heteroatoms. The molecule has 0 aliphatic carbocycles. The second-order valence-electron chi connectivity index (χ2n) is 8.86. The predicted molar refractivity (Wildman–Crippen MR) is 137 cm³/mol. The van der Waals surface area contributed by atoms with Crippen LogP contribution in [0.15, 0.2) is 48.7 Å². The maximum absolute atomic E-state index is 14.3. The monoisotopic (exact) mass is 514 g/mol. The number of carbonyl (C=O) groups is 1. The number of hydrogen-bond donors (Lipinski definition) is 2. The zero-order chi connectivity index (χ0) is 25.7. The number of nitrogens with two attached hydrogens (primary N) is 1. The molecule has 3 N–H and O–H groups in total. The molecule has 4 rings (SSSR count). The molecule has 1 saturated heterocycles. The number of ether oxygens (including phenoxy) is 1. The number of likely N-dealkylation sites (tertiary alicyclic amines) is 1. The van der Waals surface area contributed by atoms with Crippen LogP contribution in [0.4, 0.5) is 14.6 Å². The molecular weight excluding hydrogens is 486 g/mol. The number of aromatic nitrogens is 1. The number of halogens is 3. The highest BCUT2D eigenvalue weighted by molar-refractivity contribution is 6.31. The fraction of sp³-hybridized carbons (Fsp3) is 0.333. The Labute approximate surface area is 214 Å². The van der Waals surface area contributed by atoms with Gasteiger partial charge in [0.15, 0.2) is 11.6 Å². The molecule has 3 aromatic rings. The van der Waals surface area contributed by atoms with Gasteiger partial charge in [0, 0.05) is 29.4 Å². The summed E-state index contributed by atoms with van der Waals surface area (Å²) in [6.07, 6.45) is 4.11. The van der Waals surface area contributed by atoms with E-state index in [0.29, 0.717) is 17.7 Å². The summed E-state index contributed by atoms with van der Waals surface area (Å²) in [6, 6.07) is 10.7. The van der Waals surface area contributed by atoms with Crippen molar-refractivity contribution in [3.8, 4) is 16.9 Å². The molecule has 6 nitrogen and oxygen atoms in total. The molecule has 1 amide bonds. The Hall–Kier alpha value is -3.23. The fourth-order valence-corrected chi connectivity index (χ4v) is 4.61. The minimum absolute atomic E-state index is 0.0998. The van der Waals surface area contributed by atoms with Gasteiger partial charge in [0.25, 0.3) is 5.91 Å². The van der Waals surface area contributed by atoms with Crippen LogP contribution in [0.5, 0.6) is 5.75 Å². The molecule has 0 bridgehead atoms. The third-order valence-electron chi connectivity index (χ3n) is 6.29. The van der Waals surface area contributed by atoms with Gasteiger partial charge in [0.1, 0.15) is 17.7 Å². The smallest absolute Gasteiger partial charge is 0.251 e. The van der Waals surface area contributed by atoms with E-state index in [1.165, 1.54) is 12.8 Å². The Morgan fingerprint density at radius 1 is 1.14 bits per heavy atom. The van der Waals surface area contributed by atoms with Crippen molar-refractivity contribution in [2.75, 3.05) is 31.9 Å². The zero-order valence-corrected chi connectivity index (χ0v) is 20.8. The molecule has 2 aromatic carbocycles. The first-order chi connectivity index (χ1) is 17.3. The number of rotatable bonds is 9. The average molecular weight is 515 g/mol. The van der Waals surface area contributed by atoms with Gasteiger partial charge >= 0.3 is 0 Å². The van der Waals surface area contributed by atoms with E-state index < -0.39 is 17.7 Å². The molecule has 1 aliphatic rings. The summed E-state index contributed by atoms with van der Waals surface area (Å²) >= 11 is 5.96. The highest BCUT2D eigenvalue weighted by atomic mass is 35.5. The molecule has 0 radical (unpaired) electrons.